The standard InChI is InChI=1S/C22H19Cl2F2N5O/c23-18-6-4-13(9-19(18)24)21-14(11-27)8-16(31-21)5-7-20(29-12-28)30-15-2-1-3-17(10-15)32-22(25)26/h1-4,6,9-11,14,16,22,27H,5,7-8H2,(H,29,30). The Morgan fingerprint density at radius 2 is 2.12 bits per heavy atom. The van der Waals surface area contributed by atoms with Crippen LogP contribution in [-0.2, 0) is 0 Å². The smallest absolute Gasteiger partial charge is 0.387 e. The number of hydrogen-bond acceptors (Lipinski definition) is 5. The Balaban J connectivity index is 1.73. The fourth-order valence-electron chi connectivity index (χ4n) is 3.42. The van der Waals surface area contributed by atoms with Crippen molar-refractivity contribution >= 4 is 46.7 Å². The van der Waals surface area contributed by atoms with Crippen LogP contribution in [0.5, 0.6) is 5.75 Å². The summed E-state index contributed by atoms with van der Waals surface area (Å²) in [6, 6.07) is 11.1. The van der Waals surface area contributed by atoms with Gasteiger partial charge in [-0.25, -0.2) is 4.99 Å². The van der Waals surface area contributed by atoms with Crippen molar-refractivity contribution in [2.24, 2.45) is 15.9 Å². The number of amidine groups is 1. The molecule has 0 saturated carbocycles. The topological polar surface area (TPSA) is 93.6 Å². The van der Waals surface area contributed by atoms with E-state index in [2.05, 4.69) is 15.0 Å². The zero-order chi connectivity index (χ0) is 23.1. The number of alkyl halides is 2. The first-order chi connectivity index (χ1) is 15.4. The molecule has 2 aromatic carbocycles. The van der Waals surface area contributed by atoms with Crippen LogP contribution in [0.4, 0.5) is 14.5 Å². The van der Waals surface area contributed by atoms with Crippen LogP contribution in [0.25, 0.3) is 0 Å². The SMILES string of the molecule is N#CNC(CCC1CC(C=N)C(c2ccc(Cl)c(Cl)c2)=N1)=Nc1cccc(OC(F)F)c1. The van der Waals surface area contributed by atoms with Crippen molar-refractivity contribution in [2.75, 3.05) is 0 Å². The number of nitrogens with zero attached hydrogens (tertiary/aromatic N) is 3. The van der Waals surface area contributed by atoms with Gasteiger partial charge in [-0.15, -0.1) is 0 Å². The van der Waals surface area contributed by atoms with Crippen LogP contribution in [0.3, 0.4) is 0 Å². The molecule has 0 amide bonds. The summed E-state index contributed by atoms with van der Waals surface area (Å²) in [6.07, 6.45) is 4.84. The van der Waals surface area contributed by atoms with Gasteiger partial charge in [-0.3, -0.25) is 10.3 Å². The summed E-state index contributed by atoms with van der Waals surface area (Å²) in [6.45, 7) is -2.93. The van der Waals surface area contributed by atoms with Crippen LogP contribution >= 0.6 is 23.2 Å². The molecule has 2 N–H and O–H groups in total. The van der Waals surface area contributed by atoms with E-state index in [0.29, 0.717) is 40.8 Å². The Labute approximate surface area is 194 Å². The summed E-state index contributed by atoms with van der Waals surface area (Å²) in [4.78, 5) is 9.11. The summed E-state index contributed by atoms with van der Waals surface area (Å²) in [5, 5.41) is 20.2. The zero-order valence-corrected chi connectivity index (χ0v) is 18.2. The third kappa shape index (κ3) is 6.25. The first-order valence-corrected chi connectivity index (χ1v) is 10.5. The lowest BCUT2D eigenvalue weighted by atomic mass is 9.94. The van der Waals surface area contributed by atoms with Crippen molar-refractivity contribution < 1.29 is 13.5 Å². The summed E-state index contributed by atoms with van der Waals surface area (Å²) in [5.74, 6) is 0.217. The second-order valence-electron chi connectivity index (χ2n) is 7.02. The lowest BCUT2D eigenvalue weighted by Gasteiger charge is -2.10. The Bertz CT molecular complexity index is 1080. The molecule has 32 heavy (non-hydrogen) atoms. The molecule has 6 nitrogen and oxygen atoms in total. The van der Waals surface area contributed by atoms with E-state index in [1.807, 2.05) is 12.3 Å². The van der Waals surface area contributed by atoms with Gasteiger partial charge in [-0.2, -0.15) is 14.0 Å². The maximum atomic E-state index is 12.4. The quantitative estimate of drug-likeness (QED) is 0.211. The fourth-order valence-corrected chi connectivity index (χ4v) is 3.72. The summed E-state index contributed by atoms with van der Waals surface area (Å²) < 4.78 is 29.2. The zero-order valence-electron chi connectivity index (χ0n) is 16.7. The molecular formula is C22H19Cl2F2N5O. The van der Waals surface area contributed by atoms with E-state index in [1.165, 1.54) is 18.3 Å². The summed E-state index contributed by atoms with van der Waals surface area (Å²) >= 11 is 12.1. The van der Waals surface area contributed by atoms with E-state index in [9.17, 15) is 8.78 Å². The molecule has 2 atom stereocenters. The van der Waals surface area contributed by atoms with Crippen LogP contribution in [-0.4, -0.2) is 30.4 Å². The van der Waals surface area contributed by atoms with Gasteiger partial charge < -0.3 is 10.1 Å². The highest BCUT2D eigenvalue weighted by molar-refractivity contribution is 6.42. The van der Waals surface area contributed by atoms with E-state index in [4.69, 9.17) is 38.9 Å². The highest BCUT2D eigenvalue weighted by Crippen LogP contribution is 2.30. The first-order valence-electron chi connectivity index (χ1n) is 9.71. The Morgan fingerprint density at radius 3 is 2.81 bits per heavy atom. The van der Waals surface area contributed by atoms with Gasteiger partial charge in [0.2, 0.25) is 0 Å². The number of nitrogens with one attached hydrogen (secondary N) is 2. The Hall–Kier alpha value is -3.02. The van der Waals surface area contributed by atoms with Gasteiger partial charge in [0.25, 0.3) is 0 Å². The third-order valence-corrected chi connectivity index (χ3v) is 5.58. The number of aliphatic imine (C=N–C) groups is 2. The Morgan fingerprint density at radius 1 is 1.31 bits per heavy atom. The van der Waals surface area contributed by atoms with E-state index in [0.717, 1.165) is 11.3 Å². The van der Waals surface area contributed by atoms with Crippen LogP contribution < -0.4 is 10.1 Å². The van der Waals surface area contributed by atoms with Crippen molar-refractivity contribution in [2.45, 2.75) is 31.9 Å². The molecule has 1 aliphatic heterocycles. The van der Waals surface area contributed by atoms with Crippen LogP contribution in [0, 0.1) is 22.8 Å². The molecule has 0 aliphatic carbocycles. The highest BCUT2D eigenvalue weighted by Gasteiger charge is 2.28. The molecule has 2 aromatic rings. The predicted octanol–water partition coefficient (Wildman–Crippen LogP) is 6.00. The van der Waals surface area contributed by atoms with Crippen molar-refractivity contribution in [3.05, 3.63) is 58.1 Å². The van der Waals surface area contributed by atoms with E-state index in [1.54, 1.807) is 24.3 Å². The molecule has 0 saturated heterocycles. The second-order valence-corrected chi connectivity index (χ2v) is 7.83. The van der Waals surface area contributed by atoms with Gasteiger partial charge in [0, 0.05) is 24.6 Å². The van der Waals surface area contributed by atoms with E-state index < -0.39 is 6.61 Å². The second kappa shape index (κ2) is 11.0. The van der Waals surface area contributed by atoms with Gasteiger partial charge in [0.1, 0.15) is 11.6 Å². The van der Waals surface area contributed by atoms with E-state index in [-0.39, 0.29) is 17.7 Å². The van der Waals surface area contributed by atoms with Crippen LogP contribution in [0.15, 0.2) is 52.4 Å². The molecule has 3 rings (SSSR count). The lowest BCUT2D eigenvalue weighted by Crippen LogP contribution is -2.19. The van der Waals surface area contributed by atoms with Gasteiger partial charge in [-0.05, 0) is 42.7 Å². The molecule has 0 aromatic heterocycles. The van der Waals surface area contributed by atoms with Gasteiger partial charge in [0.05, 0.1) is 27.5 Å². The molecule has 0 radical (unpaired) electrons. The summed E-state index contributed by atoms with van der Waals surface area (Å²) in [5.41, 5.74) is 1.96. The maximum Gasteiger partial charge on any atom is 0.387 e. The average molecular weight is 478 g/mol. The number of halogens is 4. The lowest BCUT2D eigenvalue weighted by molar-refractivity contribution is -0.0498. The number of nitriles is 1. The monoisotopic (exact) mass is 477 g/mol. The minimum absolute atomic E-state index is 0.0157. The molecule has 0 bridgehead atoms. The van der Waals surface area contributed by atoms with Crippen molar-refractivity contribution in [1.29, 1.82) is 10.7 Å². The molecule has 10 heteroatoms. The third-order valence-electron chi connectivity index (χ3n) is 4.84. The van der Waals surface area contributed by atoms with Crippen molar-refractivity contribution in [3.8, 4) is 11.9 Å². The molecule has 1 aliphatic rings. The van der Waals surface area contributed by atoms with Crippen LogP contribution in [0.1, 0.15) is 24.8 Å². The maximum absolute atomic E-state index is 12.4. The molecule has 0 fully saturated rings. The van der Waals surface area contributed by atoms with E-state index >= 15 is 0 Å². The number of hydrogen-bond donors (Lipinski definition) is 2. The highest BCUT2D eigenvalue weighted by atomic mass is 35.5. The predicted molar refractivity (Wildman–Crippen MR) is 122 cm³/mol. The van der Waals surface area contributed by atoms with Gasteiger partial charge in [0.15, 0.2) is 6.19 Å². The minimum Gasteiger partial charge on any atom is -0.435 e. The van der Waals surface area contributed by atoms with Gasteiger partial charge in [-0.1, -0.05) is 35.3 Å². The summed E-state index contributed by atoms with van der Waals surface area (Å²) in [7, 11) is 0. The normalized spacial score (nSPS) is 18.2. The molecule has 1 heterocycles. The number of rotatable bonds is 8. The number of ether oxygens (including phenoxy) is 1. The largest absolute Gasteiger partial charge is 0.435 e. The van der Waals surface area contributed by atoms with Crippen LogP contribution in [0.2, 0.25) is 10.0 Å². The Kier molecular flexibility index (Phi) is 8.14. The minimum atomic E-state index is -2.93. The average Bonchev–Trinajstić information content (AvgIpc) is 3.17. The molecule has 166 valence electrons. The first kappa shape index (κ1) is 23.6. The fraction of sp³-hybridized carbons (Fsp3) is 0.273. The molecule has 2 unspecified atom stereocenters. The molecule has 0 spiro atoms. The van der Waals surface area contributed by atoms with Gasteiger partial charge >= 0.3 is 6.61 Å². The number of benzene rings is 2. The van der Waals surface area contributed by atoms with Crippen molar-refractivity contribution in [1.82, 2.24) is 5.32 Å². The van der Waals surface area contributed by atoms with Crippen molar-refractivity contribution in [3.63, 3.8) is 0 Å². The molecular weight excluding hydrogens is 459 g/mol.